The Kier molecular flexibility index (Phi) is 2.56. The number of likely N-dealkylation sites (N-methyl/N-ethyl adjacent to an activating group) is 1. The van der Waals surface area contributed by atoms with E-state index in [0.717, 1.165) is 6.42 Å². The highest BCUT2D eigenvalue weighted by molar-refractivity contribution is 7.10. The molecule has 2 N–H and O–H groups in total. The van der Waals surface area contributed by atoms with E-state index < -0.39 is 0 Å². The van der Waals surface area contributed by atoms with Gasteiger partial charge >= 0.3 is 0 Å². The molecule has 0 spiro atoms. The highest BCUT2D eigenvalue weighted by Crippen LogP contribution is 2.31. The van der Waals surface area contributed by atoms with Crippen LogP contribution in [0.1, 0.15) is 23.8 Å². The van der Waals surface area contributed by atoms with Crippen LogP contribution in [0.15, 0.2) is 17.5 Å². The minimum Gasteiger partial charge on any atom is -0.336 e. The van der Waals surface area contributed by atoms with Crippen LogP contribution in [0, 0.1) is 0 Å². The van der Waals surface area contributed by atoms with Gasteiger partial charge in [-0.25, -0.2) is 0 Å². The first kappa shape index (κ1) is 9.68. The molecule has 3 nitrogen and oxygen atoms in total. The number of nitrogens with two attached hydrogens (primary N) is 1. The van der Waals surface area contributed by atoms with E-state index in [2.05, 4.69) is 0 Å². The molecule has 4 heteroatoms. The first-order valence-electron chi connectivity index (χ1n) is 4.75. The number of rotatable bonds is 1. The van der Waals surface area contributed by atoms with Crippen LogP contribution in [-0.2, 0) is 4.79 Å². The van der Waals surface area contributed by atoms with Crippen molar-refractivity contribution in [1.29, 1.82) is 0 Å². The third-order valence-electron chi connectivity index (χ3n) is 2.74. The Balaban J connectivity index is 2.26. The molecule has 1 saturated heterocycles. The van der Waals surface area contributed by atoms with Crippen LogP contribution in [0.25, 0.3) is 0 Å². The molecular formula is C10H14N2OS. The number of carbonyl (C=O) groups is 1. The lowest BCUT2D eigenvalue weighted by atomic mass is 9.96. The Bertz CT molecular complexity index is 323. The molecular weight excluding hydrogens is 196 g/mol. The standard InChI is InChI=1S/C10H14N2OS/c1-12-9(13)5-4-7(11)10(12)8-3-2-6-14-8/h2-3,6-7,10H,4-5,11H2,1H3/t7-,10-/m1/s1. The second kappa shape index (κ2) is 3.71. The van der Waals surface area contributed by atoms with Crippen LogP contribution < -0.4 is 5.73 Å². The summed E-state index contributed by atoms with van der Waals surface area (Å²) in [6.45, 7) is 0. The first-order valence-corrected chi connectivity index (χ1v) is 5.63. The molecule has 1 aliphatic heterocycles. The van der Waals surface area contributed by atoms with Crippen molar-refractivity contribution in [3.05, 3.63) is 22.4 Å². The third kappa shape index (κ3) is 1.55. The second-order valence-corrected chi connectivity index (χ2v) is 4.65. The fourth-order valence-electron chi connectivity index (χ4n) is 1.93. The third-order valence-corrected chi connectivity index (χ3v) is 3.69. The van der Waals surface area contributed by atoms with Gasteiger partial charge in [0.15, 0.2) is 0 Å². The normalized spacial score (nSPS) is 28.1. The molecule has 1 fully saturated rings. The van der Waals surface area contributed by atoms with E-state index in [-0.39, 0.29) is 18.0 Å². The fraction of sp³-hybridized carbons (Fsp3) is 0.500. The average Bonchev–Trinajstić information content (AvgIpc) is 2.65. The Labute approximate surface area is 87.5 Å². The number of piperidine rings is 1. The van der Waals surface area contributed by atoms with Crippen molar-refractivity contribution in [2.24, 2.45) is 5.73 Å². The van der Waals surface area contributed by atoms with E-state index in [9.17, 15) is 4.79 Å². The van der Waals surface area contributed by atoms with Gasteiger partial charge in [-0.3, -0.25) is 4.79 Å². The lowest BCUT2D eigenvalue weighted by Gasteiger charge is -2.36. The molecule has 1 amide bonds. The highest BCUT2D eigenvalue weighted by atomic mass is 32.1. The molecule has 2 heterocycles. The number of carbonyl (C=O) groups excluding carboxylic acids is 1. The summed E-state index contributed by atoms with van der Waals surface area (Å²) in [6, 6.07) is 4.21. The summed E-state index contributed by atoms with van der Waals surface area (Å²) in [6.07, 6.45) is 1.38. The van der Waals surface area contributed by atoms with Crippen molar-refractivity contribution >= 4 is 17.2 Å². The Morgan fingerprint density at radius 3 is 3.07 bits per heavy atom. The van der Waals surface area contributed by atoms with E-state index in [4.69, 9.17) is 5.73 Å². The van der Waals surface area contributed by atoms with E-state index in [1.54, 1.807) is 16.2 Å². The molecule has 0 unspecified atom stereocenters. The maximum absolute atomic E-state index is 11.5. The summed E-state index contributed by atoms with van der Waals surface area (Å²) in [5.41, 5.74) is 6.04. The van der Waals surface area contributed by atoms with E-state index in [1.165, 1.54) is 4.88 Å². The zero-order chi connectivity index (χ0) is 10.1. The zero-order valence-electron chi connectivity index (χ0n) is 8.14. The average molecular weight is 210 g/mol. The smallest absolute Gasteiger partial charge is 0.222 e. The summed E-state index contributed by atoms with van der Waals surface area (Å²) in [7, 11) is 1.84. The number of thiophene rings is 1. The number of hydrogen-bond acceptors (Lipinski definition) is 3. The van der Waals surface area contributed by atoms with Gasteiger partial charge in [-0.05, 0) is 17.9 Å². The molecule has 14 heavy (non-hydrogen) atoms. The van der Waals surface area contributed by atoms with Gasteiger partial charge in [0.05, 0.1) is 6.04 Å². The molecule has 1 aliphatic rings. The molecule has 1 aromatic rings. The van der Waals surface area contributed by atoms with E-state index in [1.807, 2.05) is 24.6 Å². The number of likely N-dealkylation sites (tertiary alicyclic amines) is 1. The maximum atomic E-state index is 11.5. The van der Waals surface area contributed by atoms with Gasteiger partial charge in [-0.2, -0.15) is 0 Å². The Morgan fingerprint density at radius 1 is 1.64 bits per heavy atom. The van der Waals surface area contributed by atoms with Gasteiger partial charge in [0.25, 0.3) is 0 Å². The first-order chi connectivity index (χ1) is 6.70. The van der Waals surface area contributed by atoms with E-state index in [0.29, 0.717) is 6.42 Å². The number of amides is 1. The molecule has 76 valence electrons. The van der Waals surface area contributed by atoms with Crippen LogP contribution >= 0.6 is 11.3 Å². The molecule has 0 aromatic carbocycles. The van der Waals surface area contributed by atoms with Crippen molar-refractivity contribution in [2.45, 2.75) is 24.9 Å². The van der Waals surface area contributed by atoms with Crippen LogP contribution in [-0.4, -0.2) is 23.9 Å². The van der Waals surface area contributed by atoms with Crippen molar-refractivity contribution in [3.63, 3.8) is 0 Å². The summed E-state index contributed by atoms with van der Waals surface area (Å²) >= 11 is 1.67. The van der Waals surface area contributed by atoms with Crippen molar-refractivity contribution in [2.75, 3.05) is 7.05 Å². The molecule has 2 rings (SSSR count). The Morgan fingerprint density at radius 2 is 2.43 bits per heavy atom. The minimum atomic E-state index is 0.0799. The maximum Gasteiger partial charge on any atom is 0.222 e. The summed E-state index contributed by atoms with van der Waals surface area (Å²) in [4.78, 5) is 14.5. The largest absolute Gasteiger partial charge is 0.336 e. The molecule has 0 radical (unpaired) electrons. The van der Waals surface area contributed by atoms with Crippen LogP contribution in [0.3, 0.4) is 0 Å². The molecule has 0 saturated carbocycles. The quantitative estimate of drug-likeness (QED) is 0.761. The lowest BCUT2D eigenvalue weighted by molar-refractivity contribution is -0.135. The van der Waals surface area contributed by atoms with Gasteiger partial charge in [0.2, 0.25) is 5.91 Å². The fourth-order valence-corrected chi connectivity index (χ4v) is 2.87. The predicted octanol–water partition coefficient (Wildman–Crippen LogP) is 1.37. The monoisotopic (exact) mass is 210 g/mol. The molecule has 0 bridgehead atoms. The van der Waals surface area contributed by atoms with Crippen LogP contribution in [0.4, 0.5) is 0 Å². The van der Waals surface area contributed by atoms with Crippen LogP contribution in [0.5, 0.6) is 0 Å². The highest BCUT2D eigenvalue weighted by Gasteiger charge is 2.32. The topological polar surface area (TPSA) is 46.3 Å². The zero-order valence-corrected chi connectivity index (χ0v) is 8.96. The SMILES string of the molecule is CN1C(=O)CC[C@@H](N)[C@@H]1c1cccs1. The number of nitrogens with zero attached hydrogens (tertiary/aromatic N) is 1. The van der Waals surface area contributed by atoms with Gasteiger partial charge in [-0.15, -0.1) is 11.3 Å². The van der Waals surface area contributed by atoms with Crippen molar-refractivity contribution in [1.82, 2.24) is 4.90 Å². The minimum absolute atomic E-state index is 0.0799. The lowest BCUT2D eigenvalue weighted by Crippen LogP contribution is -2.46. The molecule has 2 atom stereocenters. The second-order valence-electron chi connectivity index (χ2n) is 3.67. The van der Waals surface area contributed by atoms with Gasteiger partial charge in [0.1, 0.15) is 0 Å². The number of hydrogen-bond donors (Lipinski definition) is 1. The predicted molar refractivity (Wildman–Crippen MR) is 57.0 cm³/mol. The summed E-state index contributed by atoms with van der Waals surface area (Å²) < 4.78 is 0. The molecule has 1 aromatic heterocycles. The van der Waals surface area contributed by atoms with Gasteiger partial charge < -0.3 is 10.6 Å². The van der Waals surface area contributed by atoms with Gasteiger partial charge in [0, 0.05) is 24.4 Å². The van der Waals surface area contributed by atoms with Gasteiger partial charge in [-0.1, -0.05) is 6.07 Å². The molecule has 0 aliphatic carbocycles. The van der Waals surface area contributed by atoms with E-state index >= 15 is 0 Å². The Hall–Kier alpha value is -0.870. The van der Waals surface area contributed by atoms with Crippen LogP contribution in [0.2, 0.25) is 0 Å². The summed E-state index contributed by atoms with van der Waals surface area (Å²) in [5.74, 6) is 0.199. The van der Waals surface area contributed by atoms with Crippen molar-refractivity contribution in [3.8, 4) is 0 Å². The van der Waals surface area contributed by atoms with Crippen molar-refractivity contribution < 1.29 is 4.79 Å². The summed E-state index contributed by atoms with van der Waals surface area (Å²) in [5, 5.41) is 2.02.